The molecule has 0 N–H and O–H groups in total. The molecule has 2 aliphatic rings. The molecular formula is C13H17ClO5. The molecule has 3 rings (SSSR count). The Kier molecular flexibility index (Phi) is 4.76. The molecule has 0 unspecified atom stereocenters. The molecule has 6 heteroatoms. The lowest BCUT2D eigenvalue weighted by atomic mass is 9.91. The molecule has 0 saturated carbocycles. The Morgan fingerprint density at radius 2 is 1.11 bits per heavy atom. The van der Waals surface area contributed by atoms with Crippen LogP contribution in [0.5, 0.6) is 0 Å². The zero-order valence-corrected chi connectivity index (χ0v) is 11.4. The van der Waals surface area contributed by atoms with Crippen LogP contribution in [0.4, 0.5) is 0 Å². The lowest BCUT2D eigenvalue weighted by Gasteiger charge is -2.17. The molecule has 5 nitrogen and oxygen atoms in total. The predicted molar refractivity (Wildman–Crippen MR) is 56.4 cm³/mol. The normalized spacial score (nSPS) is 17.9. The van der Waals surface area contributed by atoms with E-state index in [1.807, 2.05) is 0 Å². The smallest absolute Gasteiger partial charge is 0.222 e. The summed E-state index contributed by atoms with van der Waals surface area (Å²) in [4.78, 5) is 0. The van der Waals surface area contributed by atoms with E-state index in [2.05, 4.69) is 6.07 Å². The summed E-state index contributed by atoms with van der Waals surface area (Å²) in [6.07, 6.45) is 10.1. The van der Waals surface area contributed by atoms with Gasteiger partial charge in [0.2, 0.25) is 0 Å². The van der Waals surface area contributed by atoms with Crippen molar-refractivity contribution in [3.63, 3.8) is 0 Å². The fourth-order valence-electron chi connectivity index (χ4n) is 2.70. The Balaban J connectivity index is 0.000000232. The summed E-state index contributed by atoms with van der Waals surface area (Å²) in [5.41, 5.74) is 2.99. The first-order valence-electron chi connectivity index (χ1n) is 6.52. The average molecular weight is 289 g/mol. The van der Waals surface area contributed by atoms with Crippen LogP contribution in [-0.2, 0) is 25.7 Å². The molecule has 19 heavy (non-hydrogen) atoms. The summed E-state index contributed by atoms with van der Waals surface area (Å²) in [5.74, 6) is 2.58. The lowest BCUT2D eigenvalue weighted by molar-refractivity contribution is -2.00. The SMILES string of the molecule is [O-][Cl+3]([O-])([O-])[O-].c1c2c([o+]c3c1CCCC3)CCCC2. The molecule has 106 valence electrons. The van der Waals surface area contributed by atoms with E-state index in [1.165, 1.54) is 74.0 Å². The van der Waals surface area contributed by atoms with Crippen LogP contribution in [0.3, 0.4) is 0 Å². The molecule has 0 aromatic carbocycles. The lowest BCUT2D eigenvalue weighted by Crippen LogP contribution is -2.68. The summed E-state index contributed by atoms with van der Waals surface area (Å²) < 4.78 is 40.0. The molecular weight excluding hydrogens is 272 g/mol. The van der Waals surface area contributed by atoms with Gasteiger partial charge >= 0.3 is 11.5 Å². The standard InChI is InChI=1S/C13H17O.ClHO4/c1-3-7-12-10(5-1)9-11-6-2-4-8-13(11)14-12;2-1(3,4)5/h9H,1-8H2;(H,2,3,4,5)/q+1;/p-1. The molecule has 0 saturated heterocycles. The molecule has 0 fully saturated rings. The first-order valence-corrected chi connectivity index (χ1v) is 7.75. The summed E-state index contributed by atoms with van der Waals surface area (Å²) in [6, 6.07) is 2.42. The molecule has 0 aliphatic heterocycles. The topological polar surface area (TPSA) is 104 Å². The third-order valence-corrected chi connectivity index (χ3v) is 3.51. The zero-order chi connectivity index (χ0) is 13.9. The van der Waals surface area contributed by atoms with Crippen LogP contribution < -0.4 is 18.6 Å². The van der Waals surface area contributed by atoms with Crippen molar-refractivity contribution in [2.24, 2.45) is 0 Å². The average Bonchev–Trinajstić information content (AvgIpc) is 2.34. The maximum absolute atomic E-state index is 8.49. The largest absolute Gasteiger partial charge is 0.332 e. The van der Waals surface area contributed by atoms with E-state index < -0.39 is 10.2 Å². The first kappa shape index (κ1) is 14.7. The van der Waals surface area contributed by atoms with Crippen LogP contribution in [0.25, 0.3) is 0 Å². The molecule has 2 aliphatic carbocycles. The number of halogens is 1. The van der Waals surface area contributed by atoms with Crippen molar-refractivity contribution in [1.29, 1.82) is 0 Å². The maximum atomic E-state index is 8.49. The number of rotatable bonds is 0. The third kappa shape index (κ3) is 4.71. The van der Waals surface area contributed by atoms with Crippen molar-refractivity contribution in [2.75, 3.05) is 0 Å². The molecule has 1 heterocycles. The monoisotopic (exact) mass is 288 g/mol. The molecule has 0 radical (unpaired) electrons. The van der Waals surface area contributed by atoms with Crippen LogP contribution >= 0.6 is 0 Å². The van der Waals surface area contributed by atoms with Crippen molar-refractivity contribution >= 4 is 0 Å². The van der Waals surface area contributed by atoms with E-state index in [-0.39, 0.29) is 0 Å². The minimum absolute atomic E-state index is 1.17. The van der Waals surface area contributed by atoms with Crippen LogP contribution in [0.15, 0.2) is 10.5 Å². The Labute approximate surface area is 114 Å². The van der Waals surface area contributed by atoms with Crippen LogP contribution in [0.1, 0.15) is 48.3 Å². The van der Waals surface area contributed by atoms with Gasteiger partial charge in [-0.3, -0.25) is 0 Å². The summed E-state index contributed by atoms with van der Waals surface area (Å²) >= 11 is 0. The molecule has 0 amide bonds. The number of fused-ring (bicyclic) bond motifs is 2. The molecule has 0 spiro atoms. The van der Waals surface area contributed by atoms with Gasteiger partial charge in [-0.05, 0) is 44.6 Å². The van der Waals surface area contributed by atoms with E-state index in [0.717, 1.165) is 0 Å². The van der Waals surface area contributed by atoms with Gasteiger partial charge in [-0.15, -0.1) is 10.2 Å². The fourth-order valence-corrected chi connectivity index (χ4v) is 2.70. The van der Waals surface area contributed by atoms with Crippen molar-refractivity contribution in [2.45, 2.75) is 51.4 Å². The van der Waals surface area contributed by atoms with E-state index in [0.29, 0.717) is 0 Å². The van der Waals surface area contributed by atoms with Crippen LogP contribution in [0, 0.1) is 10.2 Å². The van der Waals surface area contributed by atoms with E-state index in [9.17, 15) is 0 Å². The summed E-state index contributed by atoms with van der Waals surface area (Å²) in [7, 11) is -4.94. The summed E-state index contributed by atoms with van der Waals surface area (Å²) in [5, 5.41) is 0. The zero-order valence-electron chi connectivity index (χ0n) is 10.7. The molecule has 0 atom stereocenters. The highest BCUT2D eigenvalue weighted by atomic mass is 35.7. The highest BCUT2D eigenvalue weighted by molar-refractivity contribution is 5.30. The number of hydrogen-bond acceptors (Lipinski definition) is 4. The molecule has 1 aromatic heterocycles. The molecule has 0 bridgehead atoms. The second kappa shape index (κ2) is 6.15. The minimum atomic E-state index is -4.94. The highest BCUT2D eigenvalue weighted by Gasteiger charge is 2.27. The Morgan fingerprint density at radius 3 is 1.53 bits per heavy atom. The van der Waals surface area contributed by atoms with Crippen molar-refractivity contribution in [3.8, 4) is 0 Å². The van der Waals surface area contributed by atoms with Gasteiger partial charge in [0.15, 0.2) is 0 Å². The minimum Gasteiger partial charge on any atom is -0.222 e. The molecule has 1 aromatic rings. The van der Waals surface area contributed by atoms with E-state index >= 15 is 0 Å². The van der Waals surface area contributed by atoms with Gasteiger partial charge in [0.25, 0.3) is 0 Å². The first-order chi connectivity index (χ1) is 8.93. The Hall–Kier alpha value is -0.720. The van der Waals surface area contributed by atoms with Gasteiger partial charge in [0.05, 0.1) is 24.0 Å². The van der Waals surface area contributed by atoms with Crippen molar-refractivity contribution < 1.29 is 33.3 Å². The van der Waals surface area contributed by atoms with Crippen LogP contribution in [-0.4, -0.2) is 0 Å². The highest BCUT2D eigenvalue weighted by Crippen LogP contribution is 2.29. The fraction of sp³-hybridized carbons (Fsp3) is 0.615. The second-order valence-electron chi connectivity index (χ2n) is 4.94. The van der Waals surface area contributed by atoms with Gasteiger partial charge in [-0.1, -0.05) is 0 Å². The Morgan fingerprint density at radius 1 is 0.737 bits per heavy atom. The third-order valence-electron chi connectivity index (χ3n) is 3.51. The van der Waals surface area contributed by atoms with Gasteiger partial charge in [-0.2, -0.15) is 0 Å². The predicted octanol–water partition coefficient (Wildman–Crippen LogP) is -1.44. The van der Waals surface area contributed by atoms with Crippen molar-refractivity contribution in [1.82, 2.24) is 0 Å². The van der Waals surface area contributed by atoms with Gasteiger partial charge < -0.3 is 0 Å². The van der Waals surface area contributed by atoms with Gasteiger partial charge in [-0.25, -0.2) is 23.1 Å². The maximum Gasteiger partial charge on any atom is 0.332 e. The van der Waals surface area contributed by atoms with Gasteiger partial charge in [0.1, 0.15) is 0 Å². The van der Waals surface area contributed by atoms with Gasteiger partial charge in [0, 0.05) is 0 Å². The quantitative estimate of drug-likeness (QED) is 0.544. The van der Waals surface area contributed by atoms with E-state index in [4.69, 9.17) is 23.1 Å². The van der Waals surface area contributed by atoms with E-state index in [1.54, 1.807) is 0 Å². The summed E-state index contributed by atoms with van der Waals surface area (Å²) in [6.45, 7) is 0. The van der Waals surface area contributed by atoms with Crippen molar-refractivity contribution in [3.05, 3.63) is 28.7 Å². The second-order valence-corrected chi connectivity index (χ2v) is 5.69. The number of hydrogen-bond donors (Lipinski definition) is 0. The van der Waals surface area contributed by atoms with Crippen LogP contribution in [0.2, 0.25) is 0 Å². The number of aryl methyl sites for hydroxylation is 4. The Bertz CT molecular complexity index is 369.